The summed E-state index contributed by atoms with van der Waals surface area (Å²) in [6.07, 6.45) is 1.06. The van der Waals surface area contributed by atoms with Gasteiger partial charge < -0.3 is 0 Å². The molecule has 0 radical (unpaired) electrons. The Balaban J connectivity index is 1.83. The van der Waals surface area contributed by atoms with Crippen LogP contribution in [-0.2, 0) is 16.1 Å². The van der Waals surface area contributed by atoms with Crippen LogP contribution in [0.2, 0.25) is 0 Å². The molecule has 3 rings (SSSR count). The number of benzene rings is 1. The third-order valence-corrected chi connectivity index (χ3v) is 4.09. The van der Waals surface area contributed by atoms with Crippen LogP contribution in [0, 0.1) is 5.41 Å². The Kier molecular flexibility index (Phi) is 2.70. The highest BCUT2D eigenvalue weighted by Gasteiger charge is 2.62. The van der Waals surface area contributed by atoms with Crippen molar-refractivity contribution in [2.75, 3.05) is 0 Å². The minimum absolute atomic E-state index is 0.187. The van der Waals surface area contributed by atoms with Gasteiger partial charge in [-0.1, -0.05) is 28.1 Å². The van der Waals surface area contributed by atoms with Crippen LogP contribution in [0.25, 0.3) is 0 Å². The summed E-state index contributed by atoms with van der Waals surface area (Å²) in [5, 5.41) is 2.26. The van der Waals surface area contributed by atoms with Crippen LogP contribution in [0.1, 0.15) is 18.4 Å². The fraction of sp³-hybridized carbons (Fsp3) is 0.308. The van der Waals surface area contributed by atoms with Crippen LogP contribution in [0.15, 0.2) is 28.7 Å². The number of rotatable bonds is 2. The van der Waals surface area contributed by atoms with E-state index < -0.39 is 17.4 Å². The summed E-state index contributed by atoms with van der Waals surface area (Å²) in [5.74, 6) is -0.821. The van der Waals surface area contributed by atoms with E-state index in [0.717, 1.165) is 14.9 Å². The van der Waals surface area contributed by atoms with Crippen LogP contribution < -0.4 is 5.32 Å². The van der Waals surface area contributed by atoms with Crippen molar-refractivity contribution < 1.29 is 14.4 Å². The van der Waals surface area contributed by atoms with Gasteiger partial charge in [-0.3, -0.25) is 19.8 Å². The number of hydrogen-bond donors (Lipinski definition) is 1. The predicted octanol–water partition coefficient (Wildman–Crippen LogP) is 1.81. The van der Waals surface area contributed by atoms with Crippen LogP contribution in [0.3, 0.4) is 0 Å². The summed E-state index contributed by atoms with van der Waals surface area (Å²) < 4.78 is 0.930. The molecule has 1 heterocycles. The quantitative estimate of drug-likeness (QED) is 0.844. The van der Waals surface area contributed by atoms with E-state index >= 15 is 0 Å². The second-order valence-corrected chi connectivity index (χ2v) is 5.77. The molecule has 6 heteroatoms. The van der Waals surface area contributed by atoms with E-state index in [4.69, 9.17) is 0 Å². The zero-order chi connectivity index (χ0) is 13.6. The molecule has 1 aromatic carbocycles. The van der Waals surface area contributed by atoms with E-state index in [1.54, 1.807) is 0 Å². The minimum Gasteiger partial charge on any atom is -0.277 e. The maximum absolute atomic E-state index is 12.2. The van der Waals surface area contributed by atoms with Crippen molar-refractivity contribution in [3.8, 4) is 0 Å². The molecule has 0 atom stereocenters. The van der Waals surface area contributed by atoms with Crippen molar-refractivity contribution in [1.82, 2.24) is 10.2 Å². The zero-order valence-corrected chi connectivity index (χ0v) is 11.6. The molecule has 0 bridgehead atoms. The van der Waals surface area contributed by atoms with Crippen LogP contribution in [-0.4, -0.2) is 22.7 Å². The average Bonchev–Trinajstić information content (AvgIpc) is 3.17. The maximum atomic E-state index is 12.2. The molecule has 0 unspecified atom stereocenters. The highest BCUT2D eigenvalue weighted by Crippen LogP contribution is 2.49. The first-order valence-electron chi connectivity index (χ1n) is 5.95. The van der Waals surface area contributed by atoms with Crippen molar-refractivity contribution in [2.45, 2.75) is 19.4 Å². The largest absolute Gasteiger partial charge is 0.331 e. The molecular formula is C13H11BrN2O3. The number of imide groups is 2. The first-order chi connectivity index (χ1) is 9.03. The van der Waals surface area contributed by atoms with Gasteiger partial charge in [0.15, 0.2) is 0 Å². The lowest BCUT2D eigenvalue weighted by molar-refractivity contribution is -0.145. The highest BCUT2D eigenvalue weighted by molar-refractivity contribution is 9.10. The van der Waals surface area contributed by atoms with E-state index in [-0.39, 0.29) is 12.5 Å². The molecule has 19 heavy (non-hydrogen) atoms. The summed E-state index contributed by atoms with van der Waals surface area (Å²) in [7, 11) is 0. The van der Waals surface area contributed by atoms with Crippen LogP contribution in [0.5, 0.6) is 0 Å². The molecule has 2 fully saturated rings. The number of hydrogen-bond acceptors (Lipinski definition) is 3. The molecule has 4 amide bonds. The lowest BCUT2D eigenvalue weighted by Gasteiger charge is -2.30. The fourth-order valence-electron chi connectivity index (χ4n) is 2.21. The van der Waals surface area contributed by atoms with E-state index in [1.807, 2.05) is 24.3 Å². The Morgan fingerprint density at radius 3 is 2.37 bits per heavy atom. The molecule has 2 aliphatic rings. The first-order valence-corrected chi connectivity index (χ1v) is 6.74. The Morgan fingerprint density at radius 2 is 1.79 bits per heavy atom. The summed E-state index contributed by atoms with van der Waals surface area (Å²) in [5.41, 5.74) is -0.125. The molecule has 1 N–H and O–H groups in total. The normalized spacial score (nSPS) is 20.7. The maximum Gasteiger partial charge on any atom is 0.331 e. The predicted molar refractivity (Wildman–Crippen MR) is 69.9 cm³/mol. The van der Waals surface area contributed by atoms with Crippen molar-refractivity contribution in [3.63, 3.8) is 0 Å². The third kappa shape index (κ3) is 1.96. The number of carbonyl (C=O) groups is 3. The van der Waals surface area contributed by atoms with Crippen molar-refractivity contribution >= 4 is 33.8 Å². The van der Waals surface area contributed by atoms with Gasteiger partial charge in [0.25, 0.3) is 0 Å². The van der Waals surface area contributed by atoms with Gasteiger partial charge in [-0.15, -0.1) is 0 Å². The molecule has 1 aliphatic heterocycles. The van der Waals surface area contributed by atoms with Crippen LogP contribution >= 0.6 is 15.9 Å². The van der Waals surface area contributed by atoms with Gasteiger partial charge in [-0.2, -0.15) is 0 Å². The second-order valence-electron chi connectivity index (χ2n) is 4.86. The minimum atomic E-state index is -0.969. The van der Waals surface area contributed by atoms with E-state index in [1.165, 1.54) is 0 Å². The number of nitrogens with one attached hydrogen (secondary N) is 1. The van der Waals surface area contributed by atoms with Crippen molar-refractivity contribution in [2.24, 2.45) is 5.41 Å². The topological polar surface area (TPSA) is 66.5 Å². The van der Waals surface area contributed by atoms with E-state index in [0.29, 0.717) is 12.8 Å². The fourth-order valence-corrected chi connectivity index (χ4v) is 2.48. The number of urea groups is 1. The standard InChI is InChI=1S/C13H11BrN2O3/c14-9-3-1-8(2-4-9)7-16-11(18)13(5-6-13)10(17)15-12(16)19/h1-4H,5-7H2,(H,15,17,19). The number of barbiturate groups is 1. The summed E-state index contributed by atoms with van der Waals surface area (Å²) >= 11 is 3.33. The summed E-state index contributed by atoms with van der Waals surface area (Å²) in [4.78, 5) is 36.8. The molecule has 1 aliphatic carbocycles. The Hall–Kier alpha value is -1.69. The molecular weight excluding hydrogens is 312 g/mol. The Bertz CT molecular complexity index is 578. The molecule has 1 saturated carbocycles. The van der Waals surface area contributed by atoms with Crippen LogP contribution in [0.4, 0.5) is 4.79 Å². The molecule has 98 valence electrons. The van der Waals surface area contributed by atoms with Gasteiger partial charge in [0.05, 0.1) is 6.54 Å². The first kappa shape index (κ1) is 12.3. The van der Waals surface area contributed by atoms with Gasteiger partial charge in [-0.05, 0) is 30.5 Å². The highest BCUT2D eigenvalue weighted by atomic mass is 79.9. The number of nitrogens with zero attached hydrogens (tertiary/aromatic N) is 1. The SMILES string of the molecule is O=C1NC(=O)C2(CC2)C(=O)N1Cc1ccc(Br)cc1. The van der Waals surface area contributed by atoms with Gasteiger partial charge in [0.2, 0.25) is 11.8 Å². The average molecular weight is 323 g/mol. The number of carbonyl (C=O) groups excluding carboxylic acids is 3. The van der Waals surface area contributed by atoms with E-state index in [9.17, 15) is 14.4 Å². The van der Waals surface area contributed by atoms with Gasteiger partial charge >= 0.3 is 6.03 Å². The third-order valence-electron chi connectivity index (χ3n) is 3.56. The Morgan fingerprint density at radius 1 is 1.16 bits per heavy atom. The molecule has 1 spiro atoms. The second kappa shape index (κ2) is 4.16. The number of halogens is 1. The van der Waals surface area contributed by atoms with Gasteiger partial charge in [0, 0.05) is 4.47 Å². The van der Waals surface area contributed by atoms with Gasteiger partial charge in [-0.25, -0.2) is 4.79 Å². The smallest absolute Gasteiger partial charge is 0.277 e. The lowest BCUT2D eigenvalue weighted by atomic mass is 10.0. The Labute approximate surface area is 118 Å². The monoisotopic (exact) mass is 322 g/mol. The lowest BCUT2D eigenvalue weighted by Crippen LogP contribution is -2.58. The summed E-state index contributed by atoms with van der Waals surface area (Å²) in [6, 6.07) is 6.73. The van der Waals surface area contributed by atoms with Crippen molar-refractivity contribution in [1.29, 1.82) is 0 Å². The summed E-state index contributed by atoms with van der Waals surface area (Å²) in [6.45, 7) is 0.187. The zero-order valence-electron chi connectivity index (χ0n) is 9.98. The van der Waals surface area contributed by atoms with E-state index in [2.05, 4.69) is 21.2 Å². The van der Waals surface area contributed by atoms with Crippen molar-refractivity contribution in [3.05, 3.63) is 34.3 Å². The molecule has 1 aromatic rings. The molecule has 0 aromatic heterocycles. The van der Waals surface area contributed by atoms with Gasteiger partial charge in [0.1, 0.15) is 5.41 Å². The molecule has 1 saturated heterocycles. The number of amides is 4. The molecule has 5 nitrogen and oxygen atoms in total.